The van der Waals surface area contributed by atoms with E-state index in [1.54, 1.807) is 30.5 Å². The largest absolute Gasteiger partial charge is 0.350 e. The molecule has 0 saturated carbocycles. The summed E-state index contributed by atoms with van der Waals surface area (Å²) in [5, 5.41) is 2.90. The number of nitrogens with zero attached hydrogens (tertiary/aromatic N) is 1. The van der Waals surface area contributed by atoms with E-state index < -0.39 is 10.8 Å². The predicted octanol–water partition coefficient (Wildman–Crippen LogP) is 2.74. The van der Waals surface area contributed by atoms with Gasteiger partial charge in [0.05, 0.1) is 6.04 Å². The lowest BCUT2D eigenvalue weighted by atomic mass is 10.1. The van der Waals surface area contributed by atoms with Crippen LogP contribution in [0.4, 0.5) is 4.39 Å². The van der Waals surface area contributed by atoms with Gasteiger partial charge in [0.1, 0.15) is 5.82 Å². The second kappa shape index (κ2) is 8.87. The van der Waals surface area contributed by atoms with E-state index in [0.717, 1.165) is 11.1 Å². The third-order valence-electron chi connectivity index (χ3n) is 3.87. The topological polar surface area (TPSA) is 49.4 Å². The maximum atomic E-state index is 13.5. The summed E-state index contributed by atoms with van der Waals surface area (Å²) >= 11 is 0. The number of halogens is 1. The van der Waals surface area contributed by atoms with Crippen LogP contribution in [0.1, 0.15) is 27.5 Å². The molecule has 0 aliphatic carbocycles. The number of benzene rings is 2. The lowest BCUT2D eigenvalue weighted by Gasteiger charge is -2.25. The Bertz CT molecular complexity index is 765. The third-order valence-corrected chi connectivity index (χ3v) is 4.61. The first-order chi connectivity index (χ1) is 11.9. The fraction of sp³-hybridized carbons (Fsp3) is 0.316. The van der Waals surface area contributed by atoms with Crippen LogP contribution in [0.2, 0.25) is 0 Å². The molecule has 2 unspecified atom stereocenters. The van der Waals surface area contributed by atoms with Crippen molar-refractivity contribution in [2.45, 2.75) is 11.8 Å². The van der Waals surface area contributed by atoms with Crippen LogP contribution < -0.4 is 5.32 Å². The molecule has 0 aliphatic rings. The van der Waals surface area contributed by atoms with Crippen molar-refractivity contribution in [3.63, 3.8) is 0 Å². The molecule has 0 spiro atoms. The van der Waals surface area contributed by atoms with Gasteiger partial charge in [0.25, 0.3) is 5.91 Å². The van der Waals surface area contributed by atoms with Crippen LogP contribution >= 0.6 is 0 Å². The number of carbonyl (C=O) groups excluding carboxylic acids is 1. The second-order valence-corrected chi connectivity index (χ2v) is 7.60. The molecule has 0 saturated heterocycles. The summed E-state index contributed by atoms with van der Waals surface area (Å²) < 4.78 is 24.8. The highest BCUT2D eigenvalue weighted by Gasteiger charge is 2.16. The van der Waals surface area contributed by atoms with Crippen molar-refractivity contribution in [1.29, 1.82) is 0 Å². The first-order valence-electron chi connectivity index (χ1n) is 7.96. The van der Waals surface area contributed by atoms with E-state index in [9.17, 15) is 13.4 Å². The smallest absolute Gasteiger partial charge is 0.251 e. The zero-order valence-electron chi connectivity index (χ0n) is 14.7. The van der Waals surface area contributed by atoms with Crippen molar-refractivity contribution in [3.05, 3.63) is 71.0 Å². The monoisotopic (exact) mass is 362 g/mol. The molecule has 2 atom stereocenters. The summed E-state index contributed by atoms with van der Waals surface area (Å²) in [5.41, 5.74) is 2.20. The van der Waals surface area contributed by atoms with Gasteiger partial charge in [-0.15, -0.1) is 0 Å². The standard InChI is InChI=1S/C19H23FN2O2S/c1-22(2)18(15-7-5-9-17(20)11-15)12-21-19(23)16-8-4-6-14(10-16)13-25(3)24/h4-11,18H,12-13H2,1-3H3,(H,21,23). The number of hydrogen-bond acceptors (Lipinski definition) is 3. The molecule has 0 heterocycles. The minimum Gasteiger partial charge on any atom is -0.350 e. The fourth-order valence-electron chi connectivity index (χ4n) is 2.64. The first kappa shape index (κ1) is 19.3. The van der Waals surface area contributed by atoms with Gasteiger partial charge in [-0.25, -0.2) is 4.39 Å². The summed E-state index contributed by atoms with van der Waals surface area (Å²) in [6.07, 6.45) is 1.63. The minimum atomic E-state index is -0.956. The molecule has 25 heavy (non-hydrogen) atoms. The molecule has 0 aromatic heterocycles. The van der Waals surface area contributed by atoms with E-state index in [1.807, 2.05) is 31.1 Å². The van der Waals surface area contributed by atoms with Crippen LogP contribution in [0.25, 0.3) is 0 Å². The van der Waals surface area contributed by atoms with Crippen molar-refractivity contribution in [2.75, 3.05) is 26.9 Å². The van der Waals surface area contributed by atoms with Gasteiger partial charge < -0.3 is 10.2 Å². The highest BCUT2D eigenvalue weighted by Crippen LogP contribution is 2.18. The predicted molar refractivity (Wildman–Crippen MR) is 99.4 cm³/mol. The maximum Gasteiger partial charge on any atom is 0.251 e. The molecule has 2 rings (SSSR count). The molecule has 0 radical (unpaired) electrons. The molecule has 0 fully saturated rings. The van der Waals surface area contributed by atoms with Crippen molar-refractivity contribution in [2.24, 2.45) is 0 Å². The van der Waals surface area contributed by atoms with Crippen molar-refractivity contribution in [3.8, 4) is 0 Å². The Morgan fingerprint density at radius 1 is 1.20 bits per heavy atom. The van der Waals surface area contributed by atoms with E-state index in [0.29, 0.717) is 17.9 Å². The van der Waals surface area contributed by atoms with E-state index in [-0.39, 0.29) is 17.8 Å². The van der Waals surface area contributed by atoms with Gasteiger partial charge in [0.2, 0.25) is 0 Å². The van der Waals surface area contributed by atoms with Gasteiger partial charge in [-0.2, -0.15) is 0 Å². The van der Waals surface area contributed by atoms with Crippen LogP contribution in [0.3, 0.4) is 0 Å². The summed E-state index contributed by atoms with van der Waals surface area (Å²) in [6.45, 7) is 0.360. The number of amides is 1. The molecule has 2 aromatic rings. The van der Waals surface area contributed by atoms with Gasteiger partial charge in [0.15, 0.2) is 0 Å². The number of likely N-dealkylation sites (N-methyl/N-ethyl adjacent to an activating group) is 1. The average Bonchev–Trinajstić information content (AvgIpc) is 2.54. The normalized spacial score (nSPS) is 13.5. The van der Waals surface area contributed by atoms with Gasteiger partial charge >= 0.3 is 0 Å². The SMILES string of the molecule is CN(C)C(CNC(=O)c1cccc(CS(C)=O)c1)c1cccc(F)c1. The molecule has 1 N–H and O–H groups in total. The molecule has 0 aliphatic heterocycles. The van der Waals surface area contributed by atoms with Gasteiger partial charge in [0, 0.05) is 34.9 Å². The quantitative estimate of drug-likeness (QED) is 0.824. The second-order valence-electron chi connectivity index (χ2n) is 6.16. The van der Waals surface area contributed by atoms with E-state index in [1.165, 1.54) is 12.1 Å². The van der Waals surface area contributed by atoms with Crippen LogP contribution in [-0.2, 0) is 16.6 Å². The van der Waals surface area contributed by atoms with Crippen LogP contribution in [0.15, 0.2) is 48.5 Å². The highest BCUT2D eigenvalue weighted by atomic mass is 32.2. The maximum absolute atomic E-state index is 13.5. The van der Waals surface area contributed by atoms with Crippen LogP contribution in [-0.4, -0.2) is 41.9 Å². The Kier molecular flexibility index (Phi) is 6.84. The van der Waals surface area contributed by atoms with Crippen molar-refractivity contribution >= 4 is 16.7 Å². The lowest BCUT2D eigenvalue weighted by Crippen LogP contribution is -2.34. The van der Waals surface area contributed by atoms with Crippen LogP contribution in [0, 0.1) is 5.82 Å². The number of rotatable bonds is 7. The molecular formula is C19H23FN2O2S. The van der Waals surface area contributed by atoms with Gasteiger partial charge in [-0.3, -0.25) is 9.00 Å². The zero-order valence-corrected chi connectivity index (χ0v) is 15.5. The molecule has 4 nitrogen and oxygen atoms in total. The molecule has 2 aromatic carbocycles. The Balaban J connectivity index is 2.07. The van der Waals surface area contributed by atoms with E-state index in [4.69, 9.17) is 0 Å². The third kappa shape index (κ3) is 5.76. The number of hydrogen-bond donors (Lipinski definition) is 1. The number of nitrogens with one attached hydrogen (secondary N) is 1. The molecule has 134 valence electrons. The molecule has 1 amide bonds. The molecule has 6 heteroatoms. The Morgan fingerprint density at radius 2 is 1.92 bits per heavy atom. The van der Waals surface area contributed by atoms with Gasteiger partial charge in [-0.1, -0.05) is 24.3 Å². The summed E-state index contributed by atoms with van der Waals surface area (Å²) in [7, 11) is 2.82. The summed E-state index contributed by atoms with van der Waals surface area (Å²) in [4.78, 5) is 14.4. The summed E-state index contributed by atoms with van der Waals surface area (Å²) in [6, 6.07) is 13.4. The van der Waals surface area contributed by atoms with Crippen molar-refractivity contribution in [1.82, 2.24) is 10.2 Å². The fourth-order valence-corrected chi connectivity index (χ4v) is 3.29. The first-order valence-corrected chi connectivity index (χ1v) is 9.68. The van der Waals surface area contributed by atoms with E-state index >= 15 is 0 Å². The highest BCUT2D eigenvalue weighted by molar-refractivity contribution is 7.83. The average molecular weight is 362 g/mol. The molecule has 0 bridgehead atoms. The molecular weight excluding hydrogens is 339 g/mol. The Hall–Kier alpha value is -2.05. The summed E-state index contributed by atoms with van der Waals surface area (Å²) in [5.74, 6) is -0.0759. The minimum absolute atomic E-state index is 0.133. The van der Waals surface area contributed by atoms with Crippen LogP contribution in [0.5, 0.6) is 0 Å². The zero-order chi connectivity index (χ0) is 18.4. The van der Waals surface area contributed by atoms with E-state index in [2.05, 4.69) is 5.32 Å². The Morgan fingerprint density at radius 3 is 2.56 bits per heavy atom. The number of carbonyl (C=O) groups is 1. The lowest BCUT2D eigenvalue weighted by molar-refractivity contribution is 0.0942. The Labute approximate surface area is 150 Å². The van der Waals surface area contributed by atoms with Crippen molar-refractivity contribution < 1.29 is 13.4 Å². The van der Waals surface area contributed by atoms with Gasteiger partial charge in [-0.05, 0) is 49.5 Å².